The number of carbonyl (C=O) groups excluding carboxylic acids is 1. The third-order valence-electron chi connectivity index (χ3n) is 4.60. The van der Waals surface area contributed by atoms with Crippen LogP contribution in [0.4, 0.5) is 0 Å². The number of rotatable bonds is 6. The molecule has 1 aromatic carbocycles. The number of ether oxygens (including phenoxy) is 1. The van der Waals surface area contributed by atoms with Gasteiger partial charge >= 0.3 is 0 Å². The summed E-state index contributed by atoms with van der Waals surface area (Å²) in [5, 5.41) is 7.66. The first-order valence-corrected chi connectivity index (χ1v) is 10.2. The first-order valence-electron chi connectivity index (χ1n) is 9.34. The highest BCUT2D eigenvalue weighted by Gasteiger charge is 2.21. The molecule has 0 aliphatic rings. The molecule has 0 radical (unpaired) electrons. The van der Waals surface area contributed by atoms with E-state index >= 15 is 0 Å². The summed E-state index contributed by atoms with van der Waals surface area (Å²) >= 11 is 1.22. The molecular formula is C21H24N4O3S. The first-order chi connectivity index (χ1) is 13.8. The third kappa shape index (κ3) is 4.37. The van der Waals surface area contributed by atoms with E-state index < -0.39 is 0 Å². The SMILES string of the molecule is CCOc1cccc(CNC(=O)c2sc(-c3c(C)c(C)nn(C)c3=O)nc2C)c1. The van der Waals surface area contributed by atoms with Gasteiger partial charge in [-0.05, 0) is 51.0 Å². The summed E-state index contributed by atoms with van der Waals surface area (Å²) in [4.78, 5) is 30.3. The molecule has 1 N–H and O–H groups in total. The van der Waals surface area contributed by atoms with Gasteiger partial charge in [-0.25, -0.2) is 9.67 Å². The van der Waals surface area contributed by atoms with Gasteiger partial charge < -0.3 is 10.1 Å². The average Bonchev–Trinajstić information content (AvgIpc) is 3.07. The molecule has 0 spiro atoms. The van der Waals surface area contributed by atoms with Gasteiger partial charge in [0.05, 0.1) is 23.6 Å². The number of aryl methyl sites for hydroxylation is 3. The van der Waals surface area contributed by atoms with E-state index in [9.17, 15) is 9.59 Å². The maximum Gasteiger partial charge on any atom is 0.277 e. The summed E-state index contributed by atoms with van der Waals surface area (Å²) in [7, 11) is 1.61. The molecule has 0 atom stereocenters. The number of nitrogens with zero attached hydrogens (tertiary/aromatic N) is 3. The zero-order valence-corrected chi connectivity index (χ0v) is 18.0. The van der Waals surface area contributed by atoms with E-state index in [0.717, 1.165) is 22.6 Å². The molecule has 0 aliphatic heterocycles. The molecule has 2 aromatic heterocycles. The van der Waals surface area contributed by atoms with Crippen molar-refractivity contribution in [1.82, 2.24) is 20.1 Å². The summed E-state index contributed by atoms with van der Waals surface area (Å²) in [6, 6.07) is 7.61. The molecule has 1 amide bonds. The van der Waals surface area contributed by atoms with E-state index in [0.29, 0.717) is 34.3 Å². The molecule has 0 unspecified atom stereocenters. The average molecular weight is 413 g/mol. The first kappa shape index (κ1) is 20.7. The molecular weight excluding hydrogens is 388 g/mol. The van der Waals surface area contributed by atoms with E-state index in [1.54, 1.807) is 14.0 Å². The van der Waals surface area contributed by atoms with Crippen molar-refractivity contribution in [3.63, 3.8) is 0 Å². The monoisotopic (exact) mass is 412 g/mol. The van der Waals surface area contributed by atoms with Crippen LogP contribution in [-0.4, -0.2) is 27.3 Å². The number of carbonyl (C=O) groups is 1. The number of amides is 1. The lowest BCUT2D eigenvalue weighted by Gasteiger charge is -2.07. The fraction of sp³-hybridized carbons (Fsp3) is 0.333. The topological polar surface area (TPSA) is 86.1 Å². The van der Waals surface area contributed by atoms with E-state index in [1.807, 2.05) is 45.0 Å². The lowest BCUT2D eigenvalue weighted by molar-refractivity contribution is 0.0954. The van der Waals surface area contributed by atoms with Crippen molar-refractivity contribution in [2.24, 2.45) is 7.05 Å². The number of thiazole rings is 1. The summed E-state index contributed by atoms with van der Waals surface area (Å²) in [5.41, 5.74) is 3.36. The minimum absolute atomic E-state index is 0.215. The Hall–Kier alpha value is -3.00. The van der Waals surface area contributed by atoms with Crippen molar-refractivity contribution in [2.75, 3.05) is 6.61 Å². The molecule has 152 valence electrons. The van der Waals surface area contributed by atoms with Crippen molar-refractivity contribution in [2.45, 2.75) is 34.2 Å². The Morgan fingerprint density at radius 3 is 2.72 bits per heavy atom. The molecule has 0 bridgehead atoms. The van der Waals surface area contributed by atoms with Crippen molar-refractivity contribution in [3.8, 4) is 16.3 Å². The zero-order chi connectivity index (χ0) is 21.1. The molecule has 3 rings (SSSR count). The van der Waals surface area contributed by atoms with Gasteiger partial charge in [-0.1, -0.05) is 12.1 Å². The third-order valence-corrected chi connectivity index (χ3v) is 5.78. The van der Waals surface area contributed by atoms with Crippen LogP contribution in [-0.2, 0) is 13.6 Å². The fourth-order valence-electron chi connectivity index (χ4n) is 2.99. The van der Waals surface area contributed by atoms with Gasteiger partial charge in [-0.3, -0.25) is 9.59 Å². The molecule has 7 nitrogen and oxygen atoms in total. The van der Waals surface area contributed by atoms with Crippen LogP contribution in [0, 0.1) is 20.8 Å². The quantitative estimate of drug-likeness (QED) is 0.672. The van der Waals surface area contributed by atoms with Gasteiger partial charge in [0, 0.05) is 13.6 Å². The van der Waals surface area contributed by atoms with Crippen LogP contribution in [0.2, 0.25) is 0 Å². The van der Waals surface area contributed by atoms with Crippen LogP contribution in [0.3, 0.4) is 0 Å². The maximum atomic E-state index is 12.7. The Bertz CT molecular complexity index is 1120. The van der Waals surface area contributed by atoms with Gasteiger partial charge in [0.15, 0.2) is 0 Å². The second-order valence-corrected chi connectivity index (χ2v) is 7.71. The predicted molar refractivity (Wildman–Crippen MR) is 114 cm³/mol. The molecule has 2 heterocycles. The van der Waals surface area contributed by atoms with Crippen LogP contribution in [0.1, 0.15) is 39.1 Å². The van der Waals surface area contributed by atoms with Gasteiger partial charge in [0.2, 0.25) is 0 Å². The lowest BCUT2D eigenvalue weighted by atomic mass is 10.1. The van der Waals surface area contributed by atoms with Crippen molar-refractivity contribution < 1.29 is 9.53 Å². The highest BCUT2D eigenvalue weighted by molar-refractivity contribution is 7.17. The Labute approximate surface area is 173 Å². The minimum atomic E-state index is -0.221. The van der Waals surface area contributed by atoms with E-state index in [2.05, 4.69) is 15.4 Å². The summed E-state index contributed by atoms with van der Waals surface area (Å²) in [6.07, 6.45) is 0. The van der Waals surface area contributed by atoms with Gasteiger partial charge in [0.25, 0.3) is 11.5 Å². The summed E-state index contributed by atoms with van der Waals surface area (Å²) in [6.45, 7) is 8.37. The molecule has 0 saturated carbocycles. The maximum absolute atomic E-state index is 12.7. The Balaban J connectivity index is 1.83. The van der Waals surface area contributed by atoms with E-state index in [-0.39, 0.29) is 11.5 Å². The normalized spacial score (nSPS) is 10.8. The van der Waals surface area contributed by atoms with Crippen molar-refractivity contribution >= 4 is 17.2 Å². The Morgan fingerprint density at radius 1 is 1.24 bits per heavy atom. The molecule has 29 heavy (non-hydrogen) atoms. The molecule has 8 heteroatoms. The number of benzene rings is 1. The van der Waals surface area contributed by atoms with Crippen LogP contribution >= 0.6 is 11.3 Å². The van der Waals surface area contributed by atoms with Crippen LogP contribution in [0.5, 0.6) is 5.75 Å². The summed E-state index contributed by atoms with van der Waals surface area (Å²) in [5.74, 6) is 0.559. The Morgan fingerprint density at radius 2 is 2.00 bits per heavy atom. The van der Waals surface area contributed by atoms with Crippen molar-refractivity contribution in [1.29, 1.82) is 0 Å². The Kier molecular flexibility index (Phi) is 6.12. The van der Waals surface area contributed by atoms with Crippen molar-refractivity contribution in [3.05, 3.63) is 62.0 Å². The van der Waals surface area contributed by atoms with E-state index in [4.69, 9.17) is 4.74 Å². The fourth-order valence-corrected chi connectivity index (χ4v) is 4.07. The van der Waals surface area contributed by atoms with E-state index in [1.165, 1.54) is 16.0 Å². The number of hydrogen-bond acceptors (Lipinski definition) is 6. The second-order valence-electron chi connectivity index (χ2n) is 6.71. The largest absolute Gasteiger partial charge is 0.494 e. The minimum Gasteiger partial charge on any atom is -0.494 e. The highest BCUT2D eigenvalue weighted by Crippen LogP contribution is 2.28. The number of aromatic nitrogens is 3. The standard InChI is InChI=1S/C21H24N4O3S/c1-6-28-16-9-7-8-15(10-16)11-22-19(26)18-14(4)23-20(29-18)17-12(2)13(3)24-25(5)21(17)27/h7-10H,6,11H2,1-5H3,(H,22,26). The number of hydrogen-bond donors (Lipinski definition) is 1. The van der Waals surface area contributed by atoms with Crippen LogP contribution in [0.25, 0.3) is 10.6 Å². The molecule has 0 fully saturated rings. The molecule has 0 aliphatic carbocycles. The molecule has 0 saturated heterocycles. The van der Waals surface area contributed by atoms with Crippen LogP contribution < -0.4 is 15.6 Å². The van der Waals surface area contributed by atoms with Gasteiger partial charge in [-0.2, -0.15) is 5.10 Å². The predicted octanol–water partition coefficient (Wildman–Crippen LogP) is 3.16. The van der Waals surface area contributed by atoms with Crippen LogP contribution in [0.15, 0.2) is 29.1 Å². The van der Waals surface area contributed by atoms with Gasteiger partial charge in [-0.15, -0.1) is 11.3 Å². The highest BCUT2D eigenvalue weighted by atomic mass is 32.1. The molecule has 3 aromatic rings. The van der Waals surface area contributed by atoms with Gasteiger partial charge in [0.1, 0.15) is 15.6 Å². The smallest absolute Gasteiger partial charge is 0.277 e. The zero-order valence-electron chi connectivity index (χ0n) is 17.2. The lowest BCUT2D eigenvalue weighted by Crippen LogP contribution is -2.23. The second kappa shape index (κ2) is 8.57. The summed E-state index contributed by atoms with van der Waals surface area (Å²) < 4.78 is 6.80. The number of nitrogens with one attached hydrogen (secondary N) is 1.